The highest BCUT2D eigenvalue weighted by molar-refractivity contribution is 5.99. The molecule has 1 heterocycles. The number of hydrogen-bond donors (Lipinski definition) is 1. The minimum Gasteiger partial charge on any atom is -0.444 e. The third-order valence-electron chi connectivity index (χ3n) is 7.11. The lowest BCUT2D eigenvalue weighted by Gasteiger charge is -2.30. The summed E-state index contributed by atoms with van der Waals surface area (Å²) in [6, 6.07) is 25.7. The van der Waals surface area contributed by atoms with Crippen molar-refractivity contribution in [3.63, 3.8) is 0 Å². The van der Waals surface area contributed by atoms with Gasteiger partial charge in [0.2, 0.25) is 5.91 Å². The van der Waals surface area contributed by atoms with E-state index in [0.717, 1.165) is 16.8 Å². The lowest BCUT2D eigenvalue weighted by atomic mass is 10.0. The fraction of sp³-hybridized carbons (Fsp3) is 0.364. The van der Waals surface area contributed by atoms with Crippen molar-refractivity contribution in [3.8, 4) is 11.1 Å². The molecule has 0 aliphatic carbocycles. The van der Waals surface area contributed by atoms with Gasteiger partial charge in [0.1, 0.15) is 5.60 Å². The summed E-state index contributed by atoms with van der Waals surface area (Å²) in [5.41, 5.74) is 4.40. The fourth-order valence-electron chi connectivity index (χ4n) is 4.80. The van der Waals surface area contributed by atoms with Gasteiger partial charge in [0.15, 0.2) is 0 Å². The number of carbonyl (C=O) groups is 3. The molecule has 0 saturated heterocycles. The van der Waals surface area contributed by atoms with Crippen molar-refractivity contribution >= 4 is 23.6 Å². The van der Waals surface area contributed by atoms with Crippen LogP contribution in [0.3, 0.4) is 0 Å². The molecule has 3 aromatic rings. The maximum Gasteiger partial charge on any atom is 0.410 e. The number of ether oxygens (including phenoxy) is 1. The molecule has 0 spiro atoms. The van der Waals surface area contributed by atoms with E-state index in [2.05, 4.69) is 17.4 Å². The molecule has 42 heavy (non-hydrogen) atoms. The van der Waals surface area contributed by atoms with Gasteiger partial charge in [0.25, 0.3) is 5.91 Å². The Balaban J connectivity index is 1.43. The highest BCUT2D eigenvalue weighted by Gasteiger charge is 2.26. The number of hydrogen-bond acceptors (Lipinski definition) is 6. The molecule has 0 saturated carbocycles. The average molecular weight is 572 g/mol. The van der Waals surface area contributed by atoms with Crippen LogP contribution in [0.25, 0.3) is 11.1 Å². The lowest BCUT2D eigenvalue weighted by molar-refractivity contribution is -0.145. The smallest absolute Gasteiger partial charge is 0.410 e. The number of carbonyl (C=O) groups excluding carboxylic acids is 3. The van der Waals surface area contributed by atoms with Crippen LogP contribution in [-0.4, -0.2) is 78.7 Å². The van der Waals surface area contributed by atoms with Crippen molar-refractivity contribution in [1.29, 1.82) is 0 Å². The molecule has 0 bridgehead atoms. The van der Waals surface area contributed by atoms with Gasteiger partial charge in [0, 0.05) is 45.8 Å². The van der Waals surface area contributed by atoms with E-state index in [1.165, 1.54) is 16.0 Å². The number of likely N-dealkylation sites (N-methyl/N-ethyl adjacent to an activating group) is 2. The number of hydrazine groups is 1. The van der Waals surface area contributed by atoms with Gasteiger partial charge in [-0.3, -0.25) is 19.9 Å². The van der Waals surface area contributed by atoms with Crippen LogP contribution in [0.4, 0.5) is 10.5 Å². The van der Waals surface area contributed by atoms with Crippen molar-refractivity contribution in [2.24, 2.45) is 0 Å². The van der Waals surface area contributed by atoms with Gasteiger partial charge in [-0.2, -0.15) is 0 Å². The summed E-state index contributed by atoms with van der Waals surface area (Å²) in [5.74, 6) is -0.337. The van der Waals surface area contributed by atoms with Crippen molar-refractivity contribution in [1.82, 2.24) is 20.2 Å². The summed E-state index contributed by atoms with van der Waals surface area (Å²) in [7, 11) is 3.41. The summed E-state index contributed by atoms with van der Waals surface area (Å²) >= 11 is 0. The fourth-order valence-corrected chi connectivity index (χ4v) is 4.80. The van der Waals surface area contributed by atoms with Crippen molar-refractivity contribution in [3.05, 3.63) is 90.0 Å². The van der Waals surface area contributed by atoms with E-state index in [9.17, 15) is 14.4 Å². The first-order valence-corrected chi connectivity index (χ1v) is 14.2. The minimum absolute atomic E-state index is 0.0149. The second-order valence-electron chi connectivity index (χ2n) is 11.4. The monoisotopic (exact) mass is 571 g/mol. The van der Waals surface area contributed by atoms with Crippen LogP contribution < -0.4 is 10.2 Å². The number of amides is 3. The van der Waals surface area contributed by atoms with Crippen LogP contribution in [0.1, 0.15) is 31.9 Å². The second-order valence-corrected chi connectivity index (χ2v) is 11.4. The molecule has 1 N–H and O–H groups in total. The SMILES string of the molecule is CN(CCN(C(=O)CNCC(=O)N(C)N1Cc2ccccc2C1)c1ccccc1-c1ccccc1)C(=O)OC(C)(C)C. The Hall–Kier alpha value is -4.21. The first-order valence-electron chi connectivity index (χ1n) is 14.2. The van der Waals surface area contributed by atoms with E-state index >= 15 is 0 Å². The molecule has 0 unspecified atom stereocenters. The predicted molar refractivity (Wildman–Crippen MR) is 164 cm³/mol. The van der Waals surface area contributed by atoms with Gasteiger partial charge in [-0.25, -0.2) is 9.80 Å². The Bertz CT molecular complexity index is 1360. The van der Waals surface area contributed by atoms with Crippen LogP contribution >= 0.6 is 0 Å². The molecule has 222 valence electrons. The van der Waals surface area contributed by atoms with Gasteiger partial charge >= 0.3 is 6.09 Å². The second kappa shape index (κ2) is 13.6. The summed E-state index contributed by atoms with van der Waals surface area (Å²) in [5, 5.41) is 6.66. The third-order valence-corrected chi connectivity index (χ3v) is 7.11. The predicted octanol–water partition coefficient (Wildman–Crippen LogP) is 4.53. The summed E-state index contributed by atoms with van der Waals surface area (Å²) < 4.78 is 5.49. The van der Waals surface area contributed by atoms with E-state index < -0.39 is 11.7 Å². The van der Waals surface area contributed by atoms with Gasteiger partial charge in [-0.05, 0) is 43.5 Å². The Morgan fingerprint density at radius 2 is 1.36 bits per heavy atom. The molecule has 1 aliphatic rings. The number of anilines is 1. The normalized spacial score (nSPS) is 12.9. The van der Waals surface area contributed by atoms with E-state index in [4.69, 9.17) is 4.74 Å². The number of nitrogens with zero attached hydrogens (tertiary/aromatic N) is 4. The zero-order chi connectivity index (χ0) is 30.3. The minimum atomic E-state index is -0.623. The lowest BCUT2D eigenvalue weighted by Crippen LogP contribution is -2.47. The van der Waals surface area contributed by atoms with Crippen LogP contribution in [0.5, 0.6) is 0 Å². The number of benzene rings is 3. The molecule has 0 fully saturated rings. The Morgan fingerprint density at radius 1 is 0.786 bits per heavy atom. The molecule has 3 aromatic carbocycles. The summed E-state index contributed by atoms with van der Waals surface area (Å²) in [4.78, 5) is 42.4. The van der Waals surface area contributed by atoms with Gasteiger partial charge in [-0.1, -0.05) is 72.8 Å². The van der Waals surface area contributed by atoms with E-state index in [0.29, 0.717) is 13.1 Å². The zero-order valence-corrected chi connectivity index (χ0v) is 25.2. The Labute approximate surface area is 248 Å². The van der Waals surface area contributed by atoms with E-state index in [-0.39, 0.29) is 38.0 Å². The molecule has 0 aromatic heterocycles. The molecule has 1 aliphatic heterocycles. The largest absolute Gasteiger partial charge is 0.444 e. The maximum absolute atomic E-state index is 13.7. The molecule has 4 rings (SSSR count). The van der Waals surface area contributed by atoms with Crippen LogP contribution in [0.15, 0.2) is 78.9 Å². The molecule has 0 radical (unpaired) electrons. The highest BCUT2D eigenvalue weighted by Crippen LogP contribution is 2.31. The average Bonchev–Trinajstić information content (AvgIpc) is 3.41. The molecular formula is C33H41N5O4. The number of para-hydroxylation sites is 1. The van der Waals surface area contributed by atoms with Gasteiger partial charge in [-0.15, -0.1) is 0 Å². The standard InChI is InChI=1S/C33H41N5O4/c1-33(2,3)42-32(41)35(4)19-20-38(29-18-12-11-17-28(29)25-13-7-6-8-14-25)31(40)22-34-21-30(39)36(5)37-23-26-15-9-10-16-27(26)24-37/h6-18,34H,19-24H2,1-5H3. The summed E-state index contributed by atoms with van der Waals surface area (Å²) in [6.45, 7) is 7.28. The first-order chi connectivity index (χ1) is 20.0. The summed E-state index contributed by atoms with van der Waals surface area (Å²) in [6.07, 6.45) is -0.456. The van der Waals surface area contributed by atoms with E-state index in [1.54, 1.807) is 24.0 Å². The van der Waals surface area contributed by atoms with Crippen molar-refractivity contribution in [2.75, 3.05) is 45.2 Å². The molecular weight excluding hydrogens is 530 g/mol. The topological polar surface area (TPSA) is 85.4 Å². The first kappa shape index (κ1) is 30.7. The molecule has 0 atom stereocenters. The number of nitrogens with one attached hydrogen (secondary N) is 1. The van der Waals surface area contributed by atoms with Crippen LogP contribution in [0, 0.1) is 0 Å². The Kier molecular flexibility index (Phi) is 9.98. The van der Waals surface area contributed by atoms with Gasteiger partial charge < -0.3 is 14.5 Å². The molecule has 9 heteroatoms. The van der Waals surface area contributed by atoms with Gasteiger partial charge in [0.05, 0.1) is 18.8 Å². The van der Waals surface area contributed by atoms with Crippen molar-refractivity contribution < 1.29 is 19.1 Å². The van der Waals surface area contributed by atoms with E-state index in [1.807, 2.05) is 92.5 Å². The third kappa shape index (κ3) is 7.96. The van der Waals surface area contributed by atoms with Crippen LogP contribution in [0.2, 0.25) is 0 Å². The molecule has 3 amide bonds. The maximum atomic E-state index is 13.7. The zero-order valence-electron chi connectivity index (χ0n) is 25.2. The number of fused-ring (bicyclic) bond motifs is 1. The molecule has 9 nitrogen and oxygen atoms in total. The Morgan fingerprint density at radius 3 is 2.00 bits per heavy atom. The highest BCUT2D eigenvalue weighted by atomic mass is 16.6. The van der Waals surface area contributed by atoms with Crippen LogP contribution in [-0.2, 0) is 27.4 Å². The quantitative estimate of drug-likeness (QED) is 0.385. The van der Waals surface area contributed by atoms with Crippen molar-refractivity contribution in [2.45, 2.75) is 39.5 Å². The number of rotatable bonds is 10.